The van der Waals surface area contributed by atoms with Crippen molar-refractivity contribution in [2.75, 3.05) is 13.2 Å². The predicted molar refractivity (Wildman–Crippen MR) is 72.7 cm³/mol. The molecule has 1 fully saturated rings. The molecule has 1 aromatic rings. The summed E-state index contributed by atoms with van der Waals surface area (Å²) in [7, 11) is 0. The maximum Gasteiger partial charge on any atom is 0.130 e. The van der Waals surface area contributed by atoms with Crippen LogP contribution in [0.1, 0.15) is 26.7 Å². The van der Waals surface area contributed by atoms with Crippen LogP contribution in [0.4, 0.5) is 0 Å². The lowest BCUT2D eigenvalue weighted by Gasteiger charge is -2.40. The third-order valence-corrected chi connectivity index (χ3v) is 3.14. The van der Waals surface area contributed by atoms with Crippen molar-refractivity contribution in [1.82, 2.24) is 0 Å². The van der Waals surface area contributed by atoms with Gasteiger partial charge in [0.1, 0.15) is 23.7 Å². The molecule has 3 atom stereocenters. The van der Waals surface area contributed by atoms with Gasteiger partial charge < -0.3 is 19.3 Å². The lowest BCUT2D eigenvalue weighted by molar-refractivity contribution is -0.162. The van der Waals surface area contributed by atoms with Crippen molar-refractivity contribution in [2.24, 2.45) is 0 Å². The normalized spacial score (nSPS) is 25.7. The minimum Gasteiger partial charge on any atom is -0.494 e. The Bertz CT molecular complexity index is 393. The van der Waals surface area contributed by atoms with Crippen molar-refractivity contribution in [3.8, 4) is 11.5 Å². The van der Waals surface area contributed by atoms with Crippen LogP contribution in [0.25, 0.3) is 0 Å². The number of hydrogen-bond acceptors (Lipinski definition) is 4. The minimum absolute atomic E-state index is 0.0709. The maximum atomic E-state index is 9.69. The van der Waals surface area contributed by atoms with Gasteiger partial charge in [0.2, 0.25) is 0 Å². The molecule has 0 aliphatic heterocycles. The summed E-state index contributed by atoms with van der Waals surface area (Å²) in [5.74, 6) is 1.55. The number of hydrogen-bond donors (Lipinski definition) is 1. The number of ether oxygens (including phenoxy) is 3. The smallest absolute Gasteiger partial charge is 0.130 e. The van der Waals surface area contributed by atoms with E-state index in [9.17, 15) is 5.11 Å². The summed E-state index contributed by atoms with van der Waals surface area (Å²) in [5, 5.41) is 9.69. The molecule has 0 bridgehead atoms. The fourth-order valence-corrected chi connectivity index (χ4v) is 2.12. The molecule has 1 aromatic carbocycles. The zero-order chi connectivity index (χ0) is 13.7. The summed E-state index contributed by atoms with van der Waals surface area (Å²) in [6.07, 6.45) is 0.865. The van der Waals surface area contributed by atoms with Gasteiger partial charge in [-0.3, -0.25) is 0 Å². The summed E-state index contributed by atoms with van der Waals surface area (Å²) in [6.45, 7) is 5.28. The quantitative estimate of drug-likeness (QED) is 0.823. The lowest BCUT2D eigenvalue weighted by Crippen LogP contribution is -2.55. The molecule has 4 heteroatoms. The summed E-state index contributed by atoms with van der Waals surface area (Å²) in [4.78, 5) is 0. The number of aliphatic hydroxyl groups excluding tert-OH is 1. The monoisotopic (exact) mass is 266 g/mol. The van der Waals surface area contributed by atoms with Crippen LogP contribution >= 0.6 is 0 Å². The van der Waals surface area contributed by atoms with Gasteiger partial charge in [0.05, 0.1) is 12.7 Å². The largest absolute Gasteiger partial charge is 0.494 e. The highest BCUT2D eigenvalue weighted by molar-refractivity contribution is 5.33. The molecule has 0 radical (unpaired) electrons. The maximum absolute atomic E-state index is 9.69. The van der Waals surface area contributed by atoms with Gasteiger partial charge in [0, 0.05) is 19.1 Å². The first-order valence-corrected chi connectivity index (χ1v) is 6.93. The topological polar surface area (TPSA) is 47.9 Å². The van der Waals surface area contributed by atoms with E-state index in [4.69, 9.17) is 14.2 Å². The second-order valence-corrected chi connectivity index (χ2v) is 4.70. The Hall–Kier alpha value is -1.26. The van der Waals surface area contributed by atoms with Crippen LogP contribution in [0.15, 0.2) is 24.3 Å². The van der Waals surface area contributed by atoms with E-state index in [1.807, 2.05) is 38.1 Å². The van der Waals surface area contributed by atoms with Crippen molar-refractivity contribution in [3.05, 3.63) is 24.3 Å². The van der Waals surface area contributed by atoms with Crippen LogP contribution < -0.4 is 9.47 Å². The first kappa shape index (κ1) is 14.2. The average Bonchev–Trinajstić information content (AvgIpc) is 2.39. The SMILES string of the molecule is CCCOC1C(O)CC1Oc1cccc(OCC)c1. The molecule has 2 rings (SSSR count). The van der Waals surface area contributed by atoms with E-state index in [-0.39, 0.29) is 12.2 Å². The van der Waals surface area contributed by atoms with E-state index in [2.05, 4.69) is 0 Å². The second kappa shape index (κ2) is 6.78. The molecule has 19 heavy (non-hydrogen) atoms. The van der Waals surface area contributed by atoms with Crippen LogP contribution in [0, 0.1) is 0 Å². The Kier molecular flexibility index (Phi) is 5.05. The average molecular weight is 266 g/mol. The van der Waals surface area contributed by atoms with Gasteiger partial charge in [0.25, 0.3) is 0 Å². The summed E-state index contributed by atoms with van der Waals surface area (Å²) < 4.78 is 16.9. The van der Waals surface area contributed by atoms with Crippen LogP contribution in [-0.2, 0) is 4.74 Å². The molecule has 0 aromatic heterocycles. The van der Waals surface area contributed by atoms with E-state index < -0.39 is 6.10 Å². The molecule has 0 spiro atoms. The molecule has 4 nitrogen and oxygen atoms in total. The highest BCUT2D eigenvalue weighted by atomic mass is 16.6. The van der Waals surface area contributed by atoms with Gasteiger partial charge in [0.15, 0.2) is 0 Å². The van der Waals surface area contributed by atoms with Gasteiger partial charge in [-0.05, 0) is 25.5 Å². The van der Waals surface area contributed by atoms with Crippen LogP contribution in [0.2, 0.25) is 0 Å². The highest BCUT2D eigenvalue weighted by Gasteiger charge is 2.42. The fourth-order valence-electron chi connectivity index (χ4n) is 2.12. The Morgan fingerprint density at radius 1 is 1.26 bits per heavy atom. The number of aliphatic hydroxyl groups is 1. The van der Waals surface area contributed by atoms with Gasteiger partial charge in [-0.2, -0.15) is 0 Å². The van der Waals surface area contributed by atoms with E-state index in [0.29, 0.717) is 19.6 Å². The highest BCUT2D eigenvalue weighted by Crippen LogP contribution is 2.30. The van der Waals surface area contributed by atoms with Crippen molar-refractivity contribution in [3.63, 3.8) is 0 Å². The van der Waals surface area contributed by atoms with E-state index in [1.165, 1.54) is 0 Å². The zero-order valence-electron chi connectivity index (χ0n) is 11.5. The van der Waals surface area contributed by atoms with Crippen molar-refractivity contribution >= 4 is 0 Å². The molecule has 1 N–H and O–H groups in total. The van der Waals surface area contributed by atoms with Gasteiger partial charge in [-0.15, -0.1) is 0 Å². The van der Waals surface area contributed by atoms with Crippen molar-refractivity contribution in [2.45, 2.75) is 45.0 Å². The van der Waals surface area contributed by atoms with E-state index in [1.54, 1.807) is 0 Å². The zero-order valence-corrected chi connectivity index (χ0v) is 11.5. The third-order valence-electron chi connectivity index (χ3n) is 3.14. The molecule has 0 amide bonds. The van der Waals surface area contributed by atoms with Crippen LogP contribution in [-0.4, -0.2) is 36.6 Å². The van der Waals surface area contributed by atoms with Crippen molar-refractivity contribution in [1.29, 1.82) is 0 Å². The first-order chi connectivity index (χ1) is 9.24. The van der Waals surface area contributed by atoms with Crippen LogP contribution in [0.5, 0.6) is 11.5 Å². The molecular weight excluding hydrogens is 244 g/mol. The Labute approximate surface area is 114 Å². The van der Waals surface area contributed by atoms with Gasteiger partial charge in [-0.25, -0.2) is 0 Å². The summed E-state index contributed by atoms with van der Waals surface area (Å²) >= 11 is 0. The molecule has 106 valence electrons. The minimum atomic E-state index is -0.411. The van der Waals surface area contributed by atoms with Crippen LogP contribution in [0.3, 0.4) is 0 Å². The molecule has 0 heterocycles. The molecule has 1 saturated carbocycles. The van der Waals surface area contributed by atoms with E-state index >= 15 is 0 Å². The first-order valence-electron chi connectivity index (χ1n) is 6.93. The number of benzene rings is 1. The van der Waals surface area contributed by atoms with Crippen molar-refractivity contribution < 1.29 is 19.3 Å². The van der Waals surface area contributed by atoms with Gasteiger partial charge >= 0.3 is 0 Å². The summed E-state index contributed by atoms with van der Waals surface area (Å²) in [5.41, 5.74) is 0. The number of rotatable bonds is 7. The molecule has 0 saturated heterocycles. The fraction of sp³-hybridized carbons (Fsp3) is 0.600. The Balaban J connectivity index is 1.91. The summed E-state index contributed by atoms with van der Waals surface area (Å²) in [6, 6.07) is 7.56. The van der Waals surface area contributed by atoms with E-state index in [0.717, 1.165) is 17.9 Å². The molecular formula is C15H22O4. The Morgan fingerprint density at radius 3 is 2.74 bits per heavy atom. The molecule has 3 unspecified atom stereocenters. The second-order valence-electron chi connectivity index (χ2n) is 4.70. The van der Waals surface area contributed by atoms with Gasteiger partial charge in [-0.1, -0.05) is 13.0 Å². The Morgan fingerprint density at radius 2 is 2.05 bits per heavy atom. The molecule has 1 aliphatic rings. The lowest BCUT2D eigenvalue weighted by atomic mass is 9.88. The molecule has 1 aliphatic carbocycles. The predicted octanol–water partition coefficient (Wildman–Crippen LogP) is 2.39. The third kappa shape index (κ3) is 3.61. The standard InChI is InChI=1S/C15H22O4/c1-3-8-18-15-13(16)10-14(15)19-12-7-5-6-11(9-12)17-4-2/h5-7,9,13-16H,3-4,8,10H2,1-2H3.